The molecule has 174 valence electrons. The van der Waals surface area contributed by atoms with Gasteiger partial charge in [0.05, 0.1) is 18.7 Å². The van der Waals surface area contributed by atoms with Gasteiger partial charge >= 0.3 is 0 Å². The molecule has 0 radical (unpaired) electrons. The molecule has 1 atom stereocenters. The molecule has 2 aromatic rings. The number of amides is 1. The lowest BCUT2D eigenvalue weighted by Crippen LogP contribution is -2.34. The van der Waals surface area contributed by atoms with Crippen LogP contribution in [-0.4, -0.2) is 59.9 Å². The zero-order chi connectivity index (χ0) is 23.8. The number of ether oxygens (including phenoxy) is 1. The number of hydrogen-bond acceptors (Lipinski definition) is 5. The third-order valence-corrected chi connectivity index (χ3v) is 6.00. The maximum Gasteiger partial charge on any atom is 0.290 e. The Bertz CT molecular complexity index is 1010. The first-order valence-corrected chi connectivity index (χ1v) is 11.4. The Morgan fingerprint density at radius 3 is 2.36 bits per heavy atom. The van der Waals surface area contributed by atoms with Crippen LogP contribution in [0.5, 0.6) is 5.75 Å². The zero-order valence-electron chi connectivity index (χ0n) is 19.5. The van der Waals surface area contributed by atoms with Gasteiger partial charge in [0.15, 0.2) is 11.5 Å². The number of ketones is 1. The van der Waals surface area contributed by atoms with Gasteiger partial charge in [-0.1, -0.05) is 62.4 Å². The highest BCUT2D eigenvalue weighted by molar-refractivity contribution is 6.14. The molecule has 6 heteroatoms. The summed E-state index contributed by atoms with van der Waals surface area (Å²) < 4.78 is 5.25. The molecule has 1 unspecified atom stereocenters. The smallest absolute Gasteiger partial charge is 0.290 e. The topological polar surface area (TPSA) is 70.1 Å². The number of allylic oxidation sites excluding steroid dienone is 1. The van der Waals surface area contributed by atoms with Gasteiger partial charge in [0, 0.05) is 6.54 Å². The molecule has 0 saturated carbocycles. The van der Waals surface area contributed by atoms with E-state index in [1.165, 1.54) is 6.08 Å². The molecular weight excluding hydrogens is 416 g/mol. The van der Waals surface area contributed by atoms with Gasteiger partial charge in [0.2, 0.25) is 0 Å². The van der Waals surface area contributed by atoms with Crippen molar-refractivity contribution in [2.45, 2.75) is 26.3 Å². The molecule has 1 heterocycles. The molecule has 0 saturated heterocycles. The second kappa shape index (κ2) is 11.5. The number of rotatable bonds is 11. The molecule has 1 amide bonds. The van der Waals surface area contributed by atoms with Crippen molar-refractivity contribution in [3.8, 4) is 5.75 Å². The van der Waals surface area contributed by atoms with Crippen LogP contribution in [0.2, 0.25) is 0 Å². The van der Waals surface area contributed by atoms with Crippen LogP contribution in [0, 0.1) is 0 Å². The van der Waals surface area contributed by atoms with E-state index in [1.54, 1.807) is 30.2 Å². The highest BCUT2D eigenvalue weighted by Gasteiger charge is 2.42. The van der Waals surface area contributed by atoms with Gasteiger partial charge in [-0.25, -0.2) is 0 Å². The molecule has 3 rings (SSSR count). The van der Waals surface area contributed by atoms with E-state index < -0.39 is 17.7 Å². The summed E-state index contributed by atoms with van der Waals surface area (Å²) >= 11 is 0. The summed E-state index contributed by atoms with van der Waals surface area (Å²) in [7, 11) is 1.59. The molecule has 0 bridgehead atoms. The number of methoxy groups -OCH3 is 1. The molecule has 1 aliphatic rings. The number of carbonyl (C=O) groups is 2. The van der Waals surface area contributed by atoms with Crippen LogP contribution >= 0.6 is 0 Å². The summed E-state index contributed by atoms with van der Waals surface area (Å²) in [6.45, 7) is 7.36. The van der Waals surface area contributed by atoms with E-state index in [2.05, 4.69) is 18.7 Å². The number of aliphatic hydroxyl groups excluding tert-OH is 1. The highest BCUT2D eigenvalue weighted by atomic mass is 16.5. The molecule has 1 N–H and O–H groups in total. The predicted molar refractivity (Wildman–Crippen MR) is 130 cm³/mol. The van der Waals surface area contributed by atoms with E-state index in [-0.39, 0.29) is 11.4 Å². The first kappa shape index (κ1) is 24.3. The molecule has 0 aromatic heterocycles. The summed E-state index contributed by atoms with van der Waals surface area (Å²) in [6, 6.07) is 16.1. The van der Waals surface area contributed by atoms with Gasteiger partial charge in [-0.05, 0) is 55.4 Å². The number of nitrogens with zero attached hydrogens (tertiary/aromatic N) is 2. The first-order valence-electron chi connectivity index (χ1n) is 11.4. The molecule has 2 aromatic carbocycles. The summed E-state index contributed by atoms with van der Waals surface area (Å²) in [5.74, 6) is -0.675. The van der Waals surface area contributed by atoms with E-state index in [4.69, 9.17) is 4.74 Å². The molecular formula is C27H32N2O4. The Balaban J connectivity index is 1.90. The maximum absolute atomic E-state index is 13.2. The van der Waals surface area contributed by atoms with Crippen LogP contribution in [0.15, 0.2) is 72.0 Å². The fourth-order valence-electron chi connectivity index (χ4n) is 4.10. The summed E-state index contributed by atoms with van der Waals surface area (Å²) in [4.78, 5) is 30.1. The number of aliphatic hydroxyl groups is 1. The summed E-state index contributed by atoms with van der Waals surface area (Å²) in [5, 5.41) is 10.7. The van der Waals surface area contributed by atoms with Crippen LogP contribution in [0.25, 0.3) is 6.08 Å². The average molecular weight is 449 g/mol. The molecule has 1 aliphatic heterocycles. The summed E-state index contributed by atoms with van der Waals surface area (Å²) in [6.07, 6.45) is 3.86. The standard InChI is InChI=1S/C27H32N2O4/c1-4-28(5-2)18-9-19-29-25(21-13-15-22(33-3)16-14-21)24(26(31)27(29)32)23(30)17-12-20-10-7-6-8-11-20/h6-8,10-17,25,31H,4-5,9,18-19H2,1-3H3. The minimum absolute atomic E-state index is 0.111. The van der Waals surface area contributed by atoms with Crippen molar-refractivity contribution >= 4 is 17.8 Å². The van der Waals surface area contributed by atoms with Crippen LogP contribution in [0.1, 0.15) is 37.4 Å². The lowest BCUT2D eigenvalue weighted by Gasteiger charge is -2.28. The SMILES string of the molecule is CCN(CC)CCCN1C(=O)C(O)=C(C(=O)C=Cc2ccccc2)C1c1ccc(OC)cc1. The zero-order valence-corrected chi connectivity index (χ0v) is 19.5. The number of hydrogen-bond donors (Lipinski definition) is 1. The Labute approximate surface area is 195 Å². The molecule has 6 nitrogen and oxygen atoms in total. The van der Waals surface area contributed by atoms with Crippen LogP contribution in [-0.2, 0) is 9.59 Å². The van der Waals surface area contributed by atoms with E-state index in [9.17, 15) is 14.7 Å². The Morgan fingerprint density at radius 2 is 1.76 bits per heavy atom. The monoisotopic (exact) mass is 448 g/mol. The molecule has 33 heavy (non-hydrogen) atoms. The Kier molecular flexibility index (Phi) is 8.44. The third-order valence-electron chi connectivity index (χ3n) is 6.00. The molecule has 0 aliphatic carbocycles. The van der Waals surface area contributed by atoms with E-state index in [0.717, 1.165) is 37.2 Å². The highest BCUT2D eigenvalue weighted by Crippen LogP contribution is 2.38. The van der Waals surface area contributed by atoms with Crippen molar-refractivity contribution in [1.29, 1.82) is 0 Å². The first-order chi connectivity index (χ1) is 16.0. The minimum atomic E-state index is -0.645. The Hall–Kier alpha value is -3.38. The van der Waals surface area contributed by atoms with Crippen LogP contribution < -0.4 is 4.74 Å². The predicted octanol–water partition coefficient (Wildman–Crippen LogP) is 4.41. The van der Waals surface area contributed by atoms with E-state index in [0.29, 0.717) is 12.3 Å². The lowest BCUT2D eigenvalue weighted by molar-refractivity contribution is -0.129. The van der Waals surface area contributed by atoms with E-state index in [1.807, 2.05) is 42.5 Å². The van der Waals surface area contributed by atoms with Gasteiger partial charge in [-0.2, -0.15) is 0 Å². The number of carbonyl (C=O) groups excluding carboxylic acids is 2. The van der Waals surface area contributed by atoms with Crippen molar-refractivity contribution < 1.29 is 19.4 Å². The summed E-state index contributed by atoms with van der Waals surface area (Å²) in [5.41, 5.74) is 1.74. The maximum atomic E-state index is 13.2. The quantitative estimate of drug-likeness (QED) is 0.516. The Morgan fingerprint density at radius 1 is 1.09 bits per heavy atom. The third kappa shape index (κ3) is 5.71. The van der Waals surface area contributed by atoms with Gasteiger partial charge in [-0.3, -0.25) is 9.59 Å². The van der Waals surface area contributed by atoms with Gasteiger partial charge in [0.25, 0.3) is 5.91 Å². The minimum Gasteiger partial charge on any atom is -0.503 e. The van der Waals surface area contributed by atoms with Gasteiger partial charge < -0.3 is 19.6 Å². The lowest BCUT2D eigenvalue weighted by atomic mass is 9.95. The number of benzene rings is 2. The largest absolute Gasteiger partial charge is 0.503 e. The van der Waals surface area contributed by atoms with Crippen molar-refractivity contribution in [2.24, 2.45) is 0 Å². The second-order valence-corrected chi connectivity index (χ2v) is 7.93. The van der Waals surface area contributed by atoms with Crippen LogP contribution in [0.4, 0.5) is 0 Å². The fourth-order valence-corrected chi connectivity index (χ4v) is 4.10. The van der Waals surface area contributed by atoms with E-state index >= 15 is 0 Å². The van der Waals surface area contributed by atoms with Crippen molar-refractivity contribution in [1.82, 2.24) is 9.80 Å². The average Bonchev–Trinajstić information content (AvgIpc) is 3.11. The molecule has 0 spiro atoms. The fraction of sp³-hybridized carbons (Fsp3) is 0.333. The second-order valence-electron chi connectivity index (χ2n) is 7.93. The van der Waals surface area contributed by atoms with Crippen molar-refractivity contribution in [3.63, 3.8) is 0 Å². The molecule has 0 fully saturated rings. The normalized spacial score (nSPS) is 16.3. The van der Waals surface area contributed by atoms with Crippen molar-refractivity contribution in [3.05, 3.63) is 83.1 Å². The van der Waals surface area contributed by atoms with Crippen LogP contribution in [0.3, 0.4) is 0 Å². The van der Waals surface area contributed by atoms with Gasteiger partial charge in [0.1, 0.15) is 5.75 Å². The van der Waals surface area contributed by atoms with Gasteiger partial charge in [-0.15, -0.1) is 0 Å². The van der Waals surface area contributed by atoms with Crippen molar-refractivity contribution in [2.75, 3.05) is 33.3 Å².